The van der Waals surface area contributed by atoms with Crippen LogP contribution in [-0.2, 0) is 19.0 Å². The molecule has 13 nitrogen and oxygen atoms in total. The molecule has 0 radical (unpaired) electrons. The van der Waals surface area contributed by atoms with Gasteiger partial charge in [0.2, 0.25) is 0 Å². The van der Waals surface area contributed by atoms with Crippen LogP contribution in [0.4, 0.5) is 0 Å². The average Bonchev–Trinajstić information content (AvgIpc) is 3.04. The minimum Gasteiger partial charge on any atom is -0.463 e. The van der Waals surface area contributed by atoms with Crippen molar-refractivity contribution in [2.24, 2.45) is 0 Å². The van der Waals surface area contributed by atoms with E-state index >= 15 is 0 Å². The number of rotatable bonds is 32. The highest BCUT2D eigenvalue weighted by Gasteiger charge is 2.43. The molecule has 1 saturated heterocycles. The second kappa shape index (κ2) is 30.4. The van der Waals surface area contributed by atoms with E-state index in [1.54, 1.807) is 0 Å². The maximum absolute atomic E-state index is 11.9. The van der Waals surface area contributed by atoms with Crippen LogP contribution < -0.4 is 26.6 Å². The van der Waals surface area contributed by atoms with Crippen molar-refractivity contribution in [3.8, 4) is 0 Å². The molecule has 1 heterocycles. The van der Waals surface area contributed by atoms with Crippen molar-refractivity contribution < 1.29 is 39.4 Å². The number of unbranched alkanes of at least 4 members (excludes halogenated alkanes) is 7. The summed E-state index contributed by atoms with van der Waals surface area (Å²) in [6.45, 7) is 12.1. The minimum atomic E-state index is -1.50. The Hall–Kier alpha value is -0.970. The maximum atomic E-state index is 11.9. The molecule has 0 saturated carbocycles. The second-order valence-electron chi connectivity index (χ2n) is 11.8. The fourth-order valence-corrected chi connectivity index (χ4v) is 5.00. The predicted molar refractivity (Wildman–Crippen MR) is 176 cm³/mol. The molecule has 1 fully saturated rings. The molecule has 0 aromatic rings. The molecule has 0 aromatic carbocycles. The van der Waals surface area contributed by atoms with E-state index in [1.165, 1.54) is 51.4 Å². The Labute approximate surface area is 271 Å². The smallest absolute Gasteiger partial charge is 0.305 e. The van der Waals surface area contributed by atoms with Crippen molar-refractivity contribution in [1.82, 2.24) is 26.6 Å². The SMILES string of the molecule is CCNCCCCCCNCCCCNCCCCNCCNCCCCCC(=O)OCCO[C@H]1O[C@H](CO)[C@@H](O)[C@H](O)[C@@H]1O. The highest BCUT2D eigenvalue weighted by atomic mass is 16.7. The third-order valence-electron chi connectivity index (χ3n) is 7.81. The largest absolute Gasteiger partial charge is 0.463 e. The van der Waals surface area contributed by atoms with Crippen LogP contribution in [0.5, 0.6) is 0 Å². The first-order valence-electron chi connectivity index (χ1n) is 17.6. The number of nitrogens with one attached hydrogen (secondary N) is 5. The number of esters is 1. The van der Waals surface area contributed by atoms with Crippen molar-refractivity contribution in [2.45, 2.75) is 115 Å². The number of hydrogen-bond donors (Lipinski definition) is 9. The van der Waals surface area contributed by atoms with Gasteiger partial charge in [-0.05, 0) is 104 Å². The summed E-state index contributed by atoms with van der Waals surface area (Å²) >= 11 is 0. The van der Waals surface area contributed by atoms with Gasteiger partial charge < -0.3 is 61.2 Å². The van der Waals surface area contributed by atoms with E-state index in [-0.39, 0.29) is 19.2 Å². The second-order valence-corrected chi connectivity index (χ2v) is 11.8. The number of carbonyl (C=O) groups is 1. The highest BCUT2D eigenvalue weighted by Crippen LogP contribution is 2.21. The van der Waals surface area contributed by atoms with Crippen LogP contribution in [0.1, 0.15) is 84.0 Å². The summed E-state index contributed by atoms with van der Waals surface area (Å²) in [7, 11) is 0. The number of hydrogen-bond acceptors (Lipinski definition) is 13. The summed E-state index contributed by atoms with van der Waals surface area (Å²) in [5.41, 5.74) is 0. The number of aliphatic hydroxyl groups is 4. The van der Waals surface area contributed by atoms with Crippen LogP contribution in [0.25, 0.3) is 0 Å². The lowest BCUT2D eigenvalue weighted by molar-refractivity contribution is -0.302. The number of aliphatic hydroxyl groups excluding tert-OH is 4. The highest BCUT2D eigenvalue weighted by molar-refractivity contribution is 5.69. The van der Waals surface area contributed by atoms with Gasteiger partial charge in [0.15, 0.2) is 6.29 Å². The number of carbonyl (C=O) groups excluding carboxylic acids is 1. The first-order chi connectivity index (χ1) is 22.0. The molecule has 1 aliphatic heterocycles. The Bertz CT molecular complexity index is 667. The molecule has 45 heavy (non-hydrogen) atoms. The molecule has 1 aliphatic rings. The molecule has 5 atom stereocenters. The molecule has 0 unspecified atom stereocenters. The third-order valence-corrected chi connectivity index (χ3v) is 7.81. The fourth-order valence-electron chi connectivity index (χ4n) is 5.00. The van der Waals surface area contributed by atoms with E-state index in [0.29, 0.717) is 6.42 Å². The van der Waals surface area contributed by atoms with Crippen molar-refractivity contribution in [3.63, 3.8) is 0 Å². The van der Waals surface area contributed by atoms with Gasteiger partial charge in [-0.15, -0.1) is 0 Å². The summed E-state index contributed by atoms with van der Waals surface area (Å²) in [6, 6.07) is 0. The zero-order valence-electron chi connectivity index (χ0n) is 28.0. The topological polar surface area (TPSA) is 186 Å². The monoisotopic (exact) mass is 649 g/mol. The van der Waals surface area contributed by atoms with Crippen molar-refractivity contribution in [3.05, 3.63) is 0 Å². The Morgan fingerprint density at radius 1 is 0.600 bits per heavy atom. The normalized spacial score (nSPS) is 21.8. The quantitative estimate of drug-likeness (QED) is 0.0351. The van der Waals surface area contributed by atoms with Crippen LogP contribution in [0.15, 0.2) is 0 Å². The van der Waals surface area contributed by atoms with Gasteiger partial charge in [-0.1, -0.05) is 26.2 Å². The van der Waals surface area contributed by atoms with E-state index in [9.17, 15) is 25.2 Å². The molecule has 268 valence electrons. The summed E-state index contributed by atoms with van der Waals surface area (Å²) in [5, 5.41) is 56.0. The lowest BCUT2D eigenvalue weighted by Gasteiger charge is -2.39. The standard InChI is InChI=1S/C32H67N5O8/c1-2-33-15-7-3-4-8-16-34-18-10-11-19-35-20-12-13-21-37-23-22-36-17-9-5-6-14-28(39)43-24-25-44-32-31(42)30(41)29(40)27(26-38)45-32/h27,29-38,40-42H,2-26H2,1H3/t27-,29-,30+,31+,32+/m1/s1. The number of ether oxygens (including phenoxy) is 3. The lowest BCUT2D eigenvalue weighted by Crippen LogP contribution is -2.59. The summed E-state index contributed by atoms with van der Waals surface area (Å²) in [5.74, 6) is -0.320. The van der Waals surface area contributed by atoms with Crippen LogP contribution in [0.3, 0.4) is 0 Å². The fraction of sp³-hybridized carbons (Fsp3) is 0.969. The van der Waals surface area contributed by atoms with Gasteiger partial charge in [0.25, 0.3) is 0 Å². The molecular weight excluding hydrogens is 582 g/mol. The summed E-state index contributed by atoms with van der Waals surface area (Å²) < 4.78 is 15.7. The lowest BCUT2D eigenvalue weighted by atomic mass is 9.99. The molecule has 9 N–H and O–H groups in total. The summed E-state index contributed by atoms with van der Waals surface area (Å²) in [6.07, 6.45) is 6.43. The van der Waals surface area contributed by atoms with Crippen LogP contribution in [-0.4, -0.2) is 142 Å². The van der Waals surface area contributed by atoms with Gasteiger partial charge in [-0.3, -0.25) is 4.79 Å². The van der Waals surface area contributed by atoms with Gasteiger partial charge in [0, 0.05) is 19.5 Å². The van der Waals surface area contributed by atoms with Crippen molar-refractivity contribution in [1.29, 1.82) is 0 Å². The molecule has 0 spiro atoms. The Morgan fingerprint density at radius 3 is 1.58 bits per heavy atom. The van der Waals surface area contributed by atoms with Crippen LogP contribution >= 0.6 is 0 Å². The zero-order valence-corrected chi connectivity index (χ0v) is 28.0. The Kier molecular flexibility index (Phi) is 28.4. The molecule has 0 aromatic heterocycles. The van der Waals surface area contributed by atoms with Gasteiger partial charge in [0.05, 0.1) is 13.2 Å². The van der Waals surface area contributed by atoms with E-state index in [1.807, 2.05) is 0 Å². The van der Waals surface area contributed by atoms with E-state index in [4.69, 9.17) is 14.2 Å². The first-order valence-corrected chi connectivity index (χ1v) is 17.6. The molecule has 1 rings (SSSR count). The third kappa shape index (κ3) is 23.1. The predicted octanol–water partition coefficient (Wildman–Crippen LogP) is -0.00480. The van der Waals surface area contributed by atoms with Gasteiger partial charge in [-0.25, -0.2) is 0 Å². The van der Waals surface area contributed by atoms with Crippen LogP contribution in [0, 0.1) is 0 Å². The van der Waals surface area contributed by atoms with E-state index < -0.39 is 37.3 Å². The Morgan fingerprint density at radius 2 is 1.07 bits per heavy atom. The minimum absolute atomic E-state index is 0.0187. The van der Waals surface area contributed by atoms with Crippen molar-refractivity contribution >= 4 is 5.97 Å². The van der Waals surface area contributed by atoms with E-state index in [2.05, 4.69) is 33.5 Å². The summed E-state index contributed by atoms with van der Waals surface area (Å²) in [4.78, 5) is 11.9. The first kappa shape index (κ1) is 42.1. The molecular formula is C32H67N5O8. The van der Waals surface area contributed by atoms with Crippen LogP contribution in [0.2, 0.25) is 0 Å². The van der Waals surface area contributed by atoms with Gasteiger partial charge >= 0.3 is 5.97 Å². The van der Waals surface area contributed by atoms with E-state index in [0.717, 1.165) is 84.7 Å². The molecule has 13 heteroatoms. The average molecular weight is 650 g/mol. The molecule has 0 aliphatic carbocycles. The molecule has 0 amide bonds. The Balaban J connectivity index is 1.75. The van der Waals surface area contributed by atoms with Gasteiger partial charge in [-0.2, -0.15) is 0 Å². The van der Waals surface area contributed by atoms with Gasteiger partial charge in [0.1, 0.15) is 31.0 Å². The zero-order chi connectivity index (χ0) is 32.8. The molecule has 0 bridgehead atoms. The van der Waals surface area contributed by atoms with Crippen molar-refractivity contribution in [2.75, 3.05) is 85.3 Å². The maximum Gasteiger partial charge on any atom is 0.305 e.